The Morgan fingerprint density at radius 2 is 1.62 bits per heavy atom. The lowest BCUT2D eigenvalue weighted by molar-refractivity contribution is 0.614. The van der Waals surface area contributed by atoms with Gasteiger partial charge in [-0.05, 0) is 12.1 Å². The molecule has 82 valence electrons. The van der Waals surface area contributed by atoms with Crippen LogP contribution < -0.4 is 0 Å². The molecule has 2 rings (SSSR count). The van der Waals surface area contributed by atoms with Gasteiger partial charge in [0.25, 0.3) is 0 Å². The zero-order valence-corrected chi connectivity index (χ0v) is 9.10. The summed E-state index contributed by atoms with van der Waals surface area (Å²) in [5, 5.41) is -0.803. The van der Waals surface area contributed by atoms with Crippen molar-refractivity contribution < 1.29 is 8.78 Å². The second-order valence-corrected chi connectivity index (χ2v) is 3.52. The molecular weight excluding hydrogens is 259 g/mol. The van der Waals surface area contributed by atoms with E-state index in [0.29, 0.717) is 0 Å². The zero-order chi connectivity index (χ0) is 11.7. The summed E-state index contributed by atoms with van der Waals surface area (Å²) in [6.07, 6.45) is 0.990. The zero-order valence-electron chi connectivity index (χ0n) is 7.59. The summed E-state index contributed by atoms with van der Waals surface area (Å²) >= 11 is 11.0. The van der Waals surface area contributed by atoms with E-state index in [1.165, 1.54) is 12.1 Å². The third-order valence-corrected chi connectivity index (χ3v) is 2.23. The van der Waals surface area contributed by atoms with Gasteiger partial charge in [-0.25, -0.2) is 23.7 Å². The van der Waals surface area contributed by atoms with Crippen molar-refractivity contribution in [1.82, 2.24) is 15.0 Å². The highest BCUT2D eigenvalue weighted by Gasteiger charge is 2.12. The van der Waals surface area contributed by atoms with Crippen LogP contribution in [-0.4, -0.2) is 15.0 Å². The fourth-order valence-electron chi connectivity index (χ4n) is 1.02. The van der Waals surface area contributed by atoms with E-state index in [1.807, 2.05) is 0 Å². The molecule has 0 aliphatic carbocycles. The van der Waals surface area contributed by atoms with Gasteiger partial charge in [0.1, 0.15) is 11.5 Å². The van der Waals surface area contributed by atoms with Crippen molar-refractivity contribution in [3.05, 3.63) is 40.3 Å². The number of nitrogens with zero attached hydrogens (tertiary/aromatic N) is 3. The van der Waals surface area contributed by atoms with Crippen molar-refractivity contribution in [3.63, 3.8) is 0 Å². The molecule has 0 N–H and O–H groups in total. The molecule has 0 atom stereocenters. The van der Waals surface area contributed by atoms with Gasteiger partial charge in [0.15, 0.2) is 21.9 Å². The first-order chi connectivity index (χ1) is 7.58. The van der Waals surface area contributed by atoms with E-state index < -0.39 is 21.9 Å². The van der Waals surface area contributed by atoms with Crippen LogP contribution in [0, 0.1) is 11.6 Å². The lowest BCUT2D eigenvalue weighted by Crippen LogP contribution is -1.96. The molecule has 0 radical (unpaired) electrons. The smallest absolute Gasteiger partial charge is 0.197 e. The number of pyridine rings is 1. The maximum atomic E-state index is 13.0. The Morgan fingerprint density at radius 3 is 2.12 bits per heavy atom. The molecule has 0 amide bonds. The Balaban J connectivity index is 2.52. The second-order valence-electron chi connectivity index (χ2n) is 2.80. The van der Waals surface area contributed by atoms with Crippen molar-refractivity contribution in [2.24, 2.45) is 0 Å². The Labute approximate surface area is 99.1 Å². The topological polar surface area (TPSA) is 38.7 Å². The first-order valence-corrected chi connectivity index (χ1v) is 4.84. The Hall–Kier alpha value is -1.33. The van der Waals surface area contributed by atoms with Crippen molar-refractivity contribution >= 4 is 23.2 Å². The summed E-state index contributed by atoms with van der Waals surface area (Å²) in [6, 6.07) is 2.52. The maximum absolute atomic E-state index is 13.0. The first kappa shape index (κ1) is 11.2. The standard InChI is InChI=1S/C9H3Cl2F2N3/c10-7-6(13)8(11)16-9(15-7)5-2-1-4(12)3-14-5/h1-3H. The molecule has 0 fully saturated rings. The highest BCUT2D eigenvalue weighted by molar-refractivity contribution is 6.33. The molecule has 0 bridgehead atoms. The van der Waals surface area contributed by atoms with Crippen LogP contribution in [0.1, 0.15) is 0 Å². The van der Waals surface area contributed by atoms with Crippen molar-refractivity contribution in [3.8, 4) is 11.5 Å². The molecule has 2 heterocycles. The molecule has 0 aliphatic heterocycles. The van der Waals surface area contributed by atoms with Gasteiger partial charge in [0.2, 0.25) is 0 Å². The van der Waals surface area contributed by atoms with Crippen LogP contribution in [0.15, 0.2) is 18.3 Å². The average molecular weight is 262 g/mol. The van der Waals surface area contributed by atoms with Crippen molar-refractivity contribution in [1.29, 1.82) is 0 Å². The molecule has 0 unspecified atom stereocenters. The van der Waals surface area contributed by atoms with Crippen LogP contribution in [0.25, 0.3) is 11.5 Å². The van der Waals surface area contributed by atoms with Crippen LogP contribution >= 0.6 is 23.2 Å². The van der Waals surface area contributed by atoms with E-state index in [2.05, 4.69) is 15.0 Å². The first-order valence-electron chi connectivity index (χ1n) is 4.08. The predicted octanol–water partition coefficient (Wildman–Crippen LogP) is 3.12. The molecule has 2 aromatic rings. The summed E-state index contributed by atoms with van der Waals surface area (Å²) < 4.78 is 25.6. The van der Waals surface area contributed by atoms with Gasteiger partial charge in [-0.15, -0.1) is 0 Å². The van der Waals surface area contributed by atoms with Gasteiger partial charge in [-0.2, -0.15) is 0 Å². The Kier molecular flexibility index (Phi) is 2.98. The second kappa shape index (κ2) is 4.27. The largest absolute Gasteiger partial charge is 0.250 e. The average Bonchev–Trinajstić information content (AvgIpc) is 2.26. The monoisotopic (exact) mass is 261 g/mol. The van der Waals surface area contributed by atoms with Gasteiger partial charge in [-0.1, -0.05) is 23.2 Å². The maximum Gasteiger partial charge on any atom is 0.197 e. The summed E-state index contributed by atoms with van der Waals surface area (Å²) in [4.78, 5) is 11.0. The van der Waals surface area contributed by atoms with Gasteiger partial charge in [-0.3, -0.25) is 0 Å². The van der Waals surface area contributed by atoms with Gasteiger partial charge in [0.05, 0.1) is 6.20 Å². The fourth-order valence-corrected chi connectivity index (χ4v) is 1.40. The molecule has 0 saturated carbocycles. The third-order valence-electron chi connectivity index (χ3n) is 1.73. The van der Waals surface area contributed by atoms with Crippen LogP contribution in [0.3, 0.4) is 0 Å². The van der Waals surface area contributed by atoms with E-state index in [4.69, 9.17) is 23.2 Å². The predicted molar refractivity (Wildman–Crippen MR) is 55.2 cm³/mol. The fraction of sp³-hybridized carbons (Fsp3) is 0. The molecule has 0 saturated heterocycles. The van der Waals surface area contributed by atoms with Crippen molar-refractivity contribution in [2.45, 2.75) is 0 Å². The van der Waals surface area contributed by atoms with Crippen molar-refractivity contribution in [2.75, 3.05) is 0 Å². The molecule has 0 spiro atoms. The normalized spacial score (nSPS) is 10.5. The summed E-state index contributed by atoms with van der Waals surface area (Å²) in [5.74, 6) is -1.35. The molecule has 7 heteroatoms. The minimum Gasteiger partial charge on any atom is -0.250 e. The van der Waals surface area contributed by atoms with E-state index in [0.717, 1.165) is 6.20 Å². The molecule has 2 aromatic heterocycles. The molecule has 0 aromatic carbocycles. The summed E-state index contributed by atoms with van der Waals surface area (Å²) in [5.41, 5.74) is 0.255. The Morgan fingerprint density at radius 1 is 1.00 bits per heavy atom. The number of hydrogen-bond acceptors (Lipinski definition) is 3. The van der Waals surface area contributed by atoms with Crippen LogP contribution in [0.5, 0.6) is 0 Å². The lowest BCUT2D eigenvalue weighted by Gasteiger charge is -2.01. The number of hydrogen-bond donors (Lipinski definition) is 0. The Bertz CT molecular complexity index is 508. The number of rotatable bonds is 1. The van der Waals surface area contributed by atoms with Crippen LogP contribution in [0.4, 0.5) is 8.78 Å². The van der Waals surface area contributed by atoms with E-state index >= 15 is 0 Å². The lowest BCUT2D eigenvalue weighted by atomic mass is 10.3. The number of halogens is 4. The molecular formula is C9H3Cl2F2N3. The molecule has 16 heavy (non-hydrogen) atoms. The summed E-state index contributed by atoms with van der Waals surface area (Å²) in [6.45, 7) is 0. The number of aromatic nitrogens is 3. The third kappa shape index (κ3) is 2.10. The van der Waals surface area contributed by atoms with E-state index in [9.17, 15) is 8.78 Å². The van der Waals surface area contributed by atoms with Crippen LogP contribution in [0.2, 0.25) is 10.3 Å². The SMILES string of the molecule is Fc1ccc(-c2nc(Cl)c(F)c(Cl)n2)nc1. The molecule has 3 nitrogen and oxygen atoms in total. The summed E-state index contributed by atoms with van der Waals surface area (Å²) in [7, 11) is 0. The highest BCUT2D eigenvalue weighted by Crippen LogP contribution is 2.22. The van der Waals surface area contributed by atoms with E-state index in [1.54, 1.807) is 0 Å². The van der Waals surface area contributed by atoms with Gasteiger partial charge >= 0.3 is 0 Å². The molecule has 0 aliphatic rings. The van der Waals surface area contributed by atoms with Gasteiger partial charge < -0.3 is 0 Å². The minimum atomic E-state index is -0.894. The quantitative estimate of drug-likeness (QED) is 0.741. The van der Waals surface area contributed by atoms with Crippen LogP contribution in [-0.2, 0) is 0 Å². The minimum absolute atomic E-state index is 0.0383. The van der Waals surface area contributed by atoms with E-state index in [-0.39, 0.29) is 11.5 Å². The highest BCUT2D eigenvalue weighted by atomic mass is 35.5. The van der Waals surface area contributed by atoms with Gasteiger partial charge in [0, 0.05) is 0 Å².